The zero-order valence-electron chi connectivity index (χ0n) is 10.7. The van der Waals surface area contributed by atoms with E-state index in [0.717, 1.165) is 42.6 Å². The van der Waals surface area contributed by atoms with Crippen molar-refractivity contribution in [3.63, 3.8) is 0 Å². The summed E-state index contributed by atoms with van der Waals surface area (Å²) < 4.78 is 6.20. The van der Waals surface area contributed by atoms with E-state index in [1.54, 1.807) is 7.11 Å². The molecule has 0 aliphatic carbocycles. The molecule has 0 radical (unpaired) electrons. The van der Waals surface area contributed by atoms with Crippen LogP contribution in [0.25, 0.3) is 0 Å². The van der Waals surface area contributed by atoms with Crippen molar-refractivity contribution in [2.75, 3.05) is 26.8 Å². The molecule has 3 nitrogen and oxygen atoms in total. The van der Waals surface area contributed by atoms with Crippen molar-refractivity contribution in [3.05, 3.63) is 28.2 Å². The summed E-state index contributed by atoms with van der Waals surface area (Å²) in [7, 11) is 1.67. The Morgan fingerprint density at radius 2 is 2.33 bits per heavy atom. The van der Waals surface area contributed by atoms with E-state index in [1.165, 1.54) is 5.56 Å². The lowest BCUT2D eigenvalue weighted by molar-refractivity contribution is 0.0947. The van der Waals surface area contributed by atoms with Crippen LogP contribution in [0.2, 0.25) is 0 Å². The number of ether oxygens (including phenoxy) is 1. The maximum atomic E-state index is 9.70. The maximum Gasteiger partial charge on any atom is 0.133 e. The van der Waals surface area contributed by atoms with Crippen LogP contribution in [-0.4, -0.2) is 31.9 Å². The molecule has 18 heavy (non-hydrogen) atoms. The number of hydrogen-bond donors (Lipinski definition) is 2. The summed E-state index contributed by atoms with van der Waals surface area (Å²) in [5, 5.41) is 13.1. The van der Waals surface area contributed by atoms with Gasteiger partial charge in [-0.05, 0) is 59.4 Å². The number of methoxy groups -OCH3 is 1. The van der Waals surface area contributed by atoms with Gasteiger partial charge in [0.2, 0.25) is 0 Å². The lowest BCUT2D eigenvalue weighted by Gasteiger charge is -2.36. The van der Waals surface area contributed by atoms with E-state index in [0.29, 0.717) is 0 Å². The summed E-state index contributed by atoms with van der Waals surface area (Å²) in [6, 6.07) is 6.14. The number of nitrogens with one attached hydrogen (secondary N) is 1. The zero-order chi connectivity index (χ0) is 13.0. The lowest BCUT2D eigenvalue weighted by Crippen LogP contribution is -2.44. The van der Waals surface area contributed by atoms with Crippen molar-refractivity contribution in [2.24, 2.45) is 5.41 Å². The topological polar surface area (TPSA) is 41.5 Å². The minimum atomic E-state index is -0.00766. The number of aliphatic hydroxyl groups is 1. The number of hydrogen-bond acceptors (Lipinski definition) is 3. The smallest absolute Gasteiger partial charge is 0.133 e. The van der Waals surface area contributed by atoms with Crippen LogP contribution in [0.5, 0.6) is 5.75 Å². The number of aliphatic hydroxyl groups excluding tert-OH is 1. The normalized spacial score (nSPS) is 23.9. The molecule has 1 saturated heterocycles. The molecule has 0 amide bonds. The first-order valence-corrected chi connectivity index (χ1v) is 7.12. The fraction of sp³-hybridized carbons (Fsp3) is 0.571. The summed E-state index contributed by atoms with van der Waals surface area (Å²) in [6.07, 6.45) is 3.12. The van der Waals surface area contributed by atoms with Crippen LogP contribution in [0.15, 0.2) is 22.7 Å². The van der Waals surface area contributed by atoms with Gasteiger partial charge in [0.1, 0.15) is 5.75 Å². The van der Waals surface area contributed by atoms with Gasteiger partial charge in [-0.15, -0.1) is 0 Å². The minimum Gasteiger partial charge on any atom is -0.496 e. The molecular weight excluding hydrogens is 294 g/mol. The molecule has 4 heteroatoms. The molecular formula is C14H20BrNO2. The minimum absolute atomic E-state index is 0.00766. The largest absolute Gasteiger partial charge is 0.496 e. The predicted molar refractivity (Wildman–Crippen MR) is 76.0 cm³/mol. The Morgan fingerprint density at radius 1 is 1.50 bits per heavy atom. The first kappa shape index (κ1) is 13.8. The predicted octanol–water partition coefficient (Wildman–Crippen LogP) is 2.36. The summed E-state index contributed by atoms with van der Waals surface area (Å²) in [4.78, 5) is 0. The fourth-order valence-electron chi connectivity index (χ4n) is 2.62. The van der Waals surface area contributed by atoms with Crippen LogP contribution in [0.3, 0.4) is 0 Å². The molecule has 2 rings (SSSR count). The van der Waals surface area contributed by atoms with Gasteiger partial charge in [-0.1, -0.05) is 6.07 Å². The van der Waals surface area contributed by atoms with Crippen LogP contribution in [0.1, 0.15) is 18.4 Å². The lowest BCUT2D eigenvalue weighted by atomic mass is 9.76. The van der Waals surface area contributed by atoms with Crippen molar-refractivity contribution in [1.29, 1.82) is 0 Å². The molecule has 1 fully saturated rings. The van der Waals surface area contributed by atoms with Gasteiger partial charge in [0.05, 0.1) is 18.2 Å². The molecule has 1 aliphatic rings. The highest BCUT2D eigenvalue weighted by molar-refractivity contribution is 9.10. The molecule has 1 aromatic carbocycles. The van der Waals surface area contributed by atoms with Crippen LogP contribution >= 0.6 is 15.9 Å². The Hall–Kier alpha value is -0.580. The third-order valence-corrected chi connectivity index (χ3v) is 4.31. The monoisotopic (exact) mass is 313 g/mol. The van der Waals surface area contributed by atoms with Crippen LogP contribution in [0.4, 0.5) is 0 Å². The van der Waals surface area contributed by atoms with Gasteiger partial charge < -0.3 is 15.2 Å². The average Bonchev–Trinajstić information content (AvgIpc) is 2.40. The van der Waals surface area contributed by atoms with Crippen LogP contribution in [0, 0.1) is 5.41 Å². The Bertz CT molecular complexity index is 403. The highest BCUT2D eigenvalue weighted by Gasteiger charge is 2.31. The molecule has 2 N–H and O–H groups in total. The molecule has 1 heterocycles. The Balaban J connectivity index is 2.14. The van der Waals surface area contributed by atoms with E-state index in [2.05, 4.69) is 33.4 Å². The molecule has 0 saturated carbocycles. The van der Waals surface area contributed by atoms with Crippen molar-refractivity contribution >= 4 is 15.9 Å². The van der Waals surface area contributed by atoms with Crippen molar-refractivity contribution in [3.8, 4) is 5.75 Å². The molecule has 100 valence electrons. The molecule has 0 bridgehead atoms. The fourth-order valence-corrected chi connectivity index (χ4v) is 3.21. The molecule has 0 aromatic heterocycles. The van der Waals surface area contributed by atoms with Gasteiger partial charge >= 0.3 is 0 Å². The summed E-state index contributed by atoms with van der Waals surface area (Å²) in [5.74, 6) is 0.846. The number of halogens is 1. The van der Waals surface area contributed by atoms with Crippen molar-refractivity contribution in [2.45, 2.75) is 19.3 Å². The summed E-state index contributed by atoms with van der Waals surface area (Å²) >= 11 is 3.51. The zero-order valence-corrected chi connectivity index (χ0v) is 12.3. The van der Waals surface area contributed by atoms with Gasteiger partial charge in [-0.25, -0.2) is 0 Å². The van der Waals surface area contributed by atoms with E-state index < -0.39 is 0 Å². The second-order valence-electron chi connectivity index (χ2n) is 5.08. The Kier molecular flexibility index (Phi) is 4.65. The second kappa shape index (κ2) is 6.04. The first-order chi connectivity index (χ1) is 8.69. The third-order valence-electron chi connectivity index (χ3n) is 3.69. The molecule has 1 aliphatic heterocycles. The van der Waals surface area contributed by atoms with Gasteiger partial charge in [-0.3, -0.25) is 0 Å². The number of benzene rings is 1. The van der Waals surface area contributed by atoms with Gasteiger partial charge in [0.25, 0.3) is 0 Å². The first-order valence-electron chi connectivity index (χ1n) is 6.33. The number of piperidine rings is 1. The molecule has 0 spiro atoms. The van der Waals surface area contributed by atoms with E-state index in [9.17, 15) is 5.11 Å². The van der Waals surface area contributed by atoms with E-state index in [-0.39, 0.29) is 12.0 Å². The molecule has 1 aromatic rings. The highest BCUT2D eigenvalue weighted by atomic mass is 79.9. The standard InChI is InChI=1S/C14H20BrNO2/c1-18-13-4-3-11(7-12(13)15)8-14(10-17)5-2-6-16-9-14/h3-4,7,16-17H,2,5-6,8-10H2,1H3. The van der Waals surface area contributed by atoms with E-state index >= 15 is 0 Å². The van der Waals surface area contributed by atoms with Crippen LogP contribution < -0.4 is 10.1 Å². The van der Waals surface area contributed by atoms with E-state index in [1.807, 2.05) is 6.07 Å². The SMILES string of the molecule is COc1ccc(CC2(CO)CCCNC2)cc1Br. The van der Waals surface area contributed by atoms with Gasteiger partial charge in [0.15, 0.2) is 0 Å². The Labute approximate surface area is 117 Å². The maximum absolute atomic E-state index is 9.70. The van der Waals surface area contributed by atoms with Crippen molar-refractivity contribution in [1.82, 2.24) is 5.32 Å². The van der Waals surface area contributed by atoms with E-state index in [4.69, 9.17) is 4.74 Å². The second-order valence-corrected chi connectivity index (χ2v) is 5.94. The third kappa shape index (κ3) is 3.05. The van der Waals surface area contributed by atoms with Gasteiger partial charge in [0, 0.05) is 12.0 Å². The quantitative estimate of drug-likeness (QED) is 0.896. The average molecular weight is 314 g/mol. The number of rotatable bonds is 4. The van der Waals surface area contributed by atoms with Crippen molar-refractivity contribution < 1.29 is 9.84 Å². The van der Waals surface area contributed by atoms with Crippen LogP contribution in [-0.2, 0) is 6.42 Å². The highest BCUT2D eigenvalue weighted by Crippen LogP contribution is 2.33. The Morgan fingerprint density at radius 3 is 2.89 bits per heavy atom. The summed E-state index contributed by atoms with van der Waals surface area (Å²) in [6.45, 7) is 2.20. The molecule has 1 atom stereocenters. The summed E-state index contributed by atoms with van der Waals surface area (Å²) in [5.41, 5.74) is 1.23. The molecule has 1 unspecified atom stereocenters. The van der Waals surface area contributed by atoms with Gasteiger partial charge in [-0.2, -0.15) is 0 Å².